The van der Waals surface area contributed by atoms with E-state index in [0.29, 0.717) is 12.6 Å². The Bertz CT molecular complexity index is 72.8. The molecule has 62 valence electrons. The molecule has 0 aromatic rings. The summed E-state index contributed by atoms with van der Waals surface area (Å²) in [6.07, 6.45) is 1.73. The van der Waals surface area contributed by atoms with Gasteiger partial charge >= 0.3 is 0 Å². The van der Waals surface area contributed by atoms with Crippen molar-refractivity contribution in [1.82, 2.24) is 5.32 Å². The minimum absolute atomic E-state index is 0.241. The van der Waals surface area contributed by atoms with Crippen LogP contribution in [0.4, 0.5) is 0 Å². The van der Waals surface area contributed by atoms with Gasteiger partial charge in [0, 0.05) is 12.6 Å². The van der Waals surface area contributed by atoms with Gasteiger partial charge in [-0.25, -0.2) is 0 Å². The molecule has 0 heterocycles. The first-order valence-corrected chi connectivity index (χ1v) is 3.76. The predicted molar refractivity (Wildman–Crippen MR) is 44.1 cm³/mol. The first-order valence-electron chi connectivity index (χ1n) is 3.39. The Balaban J connectivity index is 3.21. The van der Waals surface area contributed by atoms with E-state index >= 15 is 0 Å². The maximum Gasteiger partial charge on any atom is 0.0763 e. The lowest BCUT2D eigenvalue weighted by molar-refractivity contribution is 0.255. The van der Waals surface area contributed by atoms with Crippen LogP contribution in [0.15, 0.2) is 0 Å². The van der Waals surface area contributed by atoms with E-state index < -0.39 is 0 Å². The third-order valence-electron chi connectivity index (χ3n) is 1.39. The topological polar surface area (TPSA) is 41.5 Å². The predicted octanol–water partition coefficient (Wildman–Crippen LogP) is 0.208. The maximum atomic E-state index is 8.49. The average Bonchev–Trinajstić information content (AvgIpc) is 1.98. The van der Waals surface area contributed by atoms with Crippen LogP contribution in [0.5, 0.6) is 0 Å². The minimum atomic E-state index is 0.241. The molecule has 0 aliphatic carbocycles. The molecular formula is C6H15NO2S. The van der Waals surface area contributed by atoms with Crippen molar-refractivity contribution in [2.24, 2.45) is 0 Å². The van der Waals surface area contributed by atoms with Gasteiger partial charge in [0.15, 0.2) is 0 Å². The zero-order chi connectivity index (χ0) is 7.82. The number of thiol groups is 1. The van der Waals surface area contributed by atoms with E-state index in [4.69, 9.17) is 5.11 Å². The summed E-state index contributed by atoms with van der Waals surface area (Å²) in [6.45, 7) is 0.824. The lowest BCUT2D eigenvalue weighted by atomic mass is 10.2. The van der Waals surface area contributed by atoms with E-state index in [1.165, 1.54) is 0 Å². The minimum Gasteiger partial charge on any atom is -0.396 e. The van der Waals surface area contributed by atoms with Crippen LogP contribution in [0, 0.1) is 0 Å². The van der Waals surface area contributed by atoms with Crippen molar-refractivity contribution in [2.45, 2.75) is 18.9 Å². The molecule has 0 fully saturated rings. The summed E-state index contributed by atoms with van der Waals surface area (Å²) < 4.78 is 4.64. The van der Waals surface area contributed by atoms with Crippen molar-refractivity contribution in [1.29, 1.82) is 0 Å². The average molecular weight is 165 g/mol. The summed E-state index contributed by atoms with van der Waals surface area (Å²) in [4.78, 5) is 0. The fraction of sp³-hybridized carbons (Fsp3) is 1.00. The Morgan fingerprint density at radius 2 is 2.40 bits per heavy atom. The van der Waals surface area contributed by atoms with Gasteiger partial charge in [0.05, 0.1) is 6.61 Å². The Morgan fingerprint density at radius 1 is 1.70 bits per heavy atom. The fourth-order valence-corrected chi connectivity index (χ4v) is 0.919. The van der Waals surface area contributed by atoms with E-state index in [1.807, 2.05) is 7.05 Å². The highest BCUT2D eigenvalue weighted by Gasteiger charge is 2.03. The summed E-state index contributed by atoms with van der Waals surface area (Å²) in [5.41, 5.74) is 0. The number of nitrogens with one attached hydrogen (secondary N) is 1. The van der Waals surface area contributed by atoms with Crippen LogP contribution in [0.2, 0.25) is 0 Å². The van der Waals surface area contributed by atoms with Crippen molar-refractivity contribution in [3.05, 3.63) is 0 Å². The van der Waals surface area contributed by atoms with E-state index in [0.717, 1.165) is 12.8 Å². The Kier molecular flexibility index (Phi) is 7.51. The van der Waals surface area contributed by atoms with Gasteiger partial charge in [-0.05, 0) is 32.8 Å². The van der Waals surface area contributed by atoms with Crippen molar-refractivity contribution in [3.63, 3.8) is 0 Å². The van der Waals surface area contributed by atoms with Gasteiger partial charge in [-0.15, -0.1) is 0 Å². The van der Waals surface area contributed by atoms with E-state index in [-0.39, 0.29) is 6.61 Å². The molecule has 0 aromatic carbocycles. The van der Waals surface area contributed by atoms with Crippen LogP contribution in [-0.4, -0.2) is 31.4 Å². The second kappa shape index (κ2) is 7.34. The highest BCUT2D eigenvalue weighted by atomic mass is 32.1. The number of hydrogen-bond acceptors (Lipinski definition) is 4. The van der Waals surface area contributed by atoms with Gasteiger partial charge in [0.1, 0.15) is 0 Å². The van der Waals surface area contributed by atoms with Gasteiger partial charge in [0.2, 0.25) is 0 Å². The lowest BCUT2D eigenvalue weighted by Gasteiger charge is -2.12. The van der Waals surface area contributed by atoms with Crippen LogP contribution in [0.1, 0.15) is 12.8 Å². The van der Waals surface area contributed by atoms with E-state index in [2.05, 4.69) is 22.4 Å². The number of aliphatic hydroxyl groups excluding tert-OH is 1. The Morgan fingerprint density at radius 3 is 2.80 bits per heavy atom. The van der Waals surface area contributed by atoms with Gasteiger partial charge in [0.25, 0.3) is 0 Å². The van der Waals surface area contributed by atoms with Crippen molar-refractivity contribution in [2.75, 3.05) is 20.3 Å². The highest BCUT2D eigenvalue weighted by Crippen LogP contribution is 1.97. The smallest absolute Gasteiger partial charge is 0.0763 e. The SMILES string of the molecule is CN[C@@H](CCCO)COS. The summed E-state index contributed by atoms with van der Waals surface area (Å²) >= 11 is 3.63. The molecular weight excluding hydrogens is 150 g/mol. The van der Waals surface area contributed by atoms with Crippen molar-refractivity contribution in [3.8, 4) is 0 Å². The molecule has 0 bridgehead atoms. The van der Waals surface area contributed by atoms with E-state index in [1.54, 1.807) is 0 Å². The van der Waals surface area contributed by atoms with E-state index in [9.17, 15) is 0 Å². The van der Waals surface area contributed by atoms with Gasteiger partial charge in [-0.3, -0.25) is 0 Å². The van der Waals surface area contributed by atoms with Crippen LogP contribution in [0.3, 0.4) is 0 Å². The third-order valence-corrected chi connectivity index (χ3v) is 1.54. The Labute approximate surface area is 67.4 Å². The maximum absolute atomic E-state index is 8.49. The normalized spacial score (nSPS) is 13.5. The summed E-state index contributed by atoms with van der Waals surface area (Å²) in [5, 5.41) is 11.5. The fourth-order valence-electron chi connectivity index (χ4n) is 0.739. The second-order valence-corrected chi connectivity index (χ2v) is 2.41. The third kappa shape index (κ3) is 5.05. The molecule has 4 heteroatoms. The first-order chi connectivity index (χ1) is 4.85. The molecule has 0 saturated heterocycles. The molecule has 0 radical (unpaired) electrons. The van der Waals surface area contributed by atoms with Crippen LogP contribution in [0.25, 0.3) is 0 Å². The molecule has 0 saturated carbocycles. The van der Waals surface area contributed by atoms with Crippen molar-refractivity contribution >= 4 is 12.9 Å². The number of rotatable bonds is 6. The quantitative estimate of drug-likeness (QED) is 0.389. The summed E-state index contributed by atoms with van der Waals surface area (Å²) in [6, 6.07) is 0.310. The van der Waals surface area contributed by atoms with Gasteiger partial charge in [-0.1, -0.05) is 0 Å². The molecule has 0 unspecified atom stereocenters. The molecule has 0 spiro atoms. The highest BCUT2D eigenvalue weighted by molar-refractivity contribution is 7.75. The molecule has 10 heavy (non-hydrogen) atoms. The first kappa shape index (κ1) is 10.2. The molecule has 1 atom stereocenters. The molecule has 0 aliphatic heterocycles. The number of aliphatic hydroxyl groups is 1. The Hall–Kier alpha value is 0.230. The molecule has 0 amide bonds. The molecule has 0 aromatic heterocycles. The van der Waals surface area contributed by atoms with Crippen LogP contribution >= 0.6 is 12.9 Å². The summed E-state index contributed by atoms with van der Waals surface area (Å²) in [7, 11) is 1.87. The molecule has 0 rings (SSSR count). The van der Waals surface area contributed by atoms with Crippen molar-refractivity contribution < 1.29 is 9.29 Å². The van der Waals surface area contributed by atoms with Gasteiger partial charge in [-0.2, -0.15) is 0 Å². The number of hydrogen-bond donors (Lipinski definition) is 3. The summed E-state index contributed by atoms with van der Waals surface area (Å²) in [5.74, 6) is 0. The monoisotopic (exact) mass is 165 g/mol. The van der Waals surface area contributed by atoms with Crippen LogP contribution < -0.4 is 5.32 Å². The largest absolute Gasteiger partial charge is 0.396 e. The zero-order valence-electron chi connectivity index (χ0n) is 6.21. The molecule has 0 aliphatic rings. The second-order valence-electron chi connectivity index (χ2n) is 2.15. The van der Waals surface area contributed by atoms with Gasteiger partial charge < -0.3 is 14.6 Å². The standard InChI is InChI=1S/C6H15NO2S/c1-7-6(5-9-10)3-2-4-8/h6-8,10H,2-5H2,1H3/t6-/m0/s1. The molecule has 3 nitrogen and oxygen atoms in total. The zero-order valence-corrected chi connectivity index (χ0v) is 7.10. The number of likely N-dealkylation sites (N-methyl/N-ethyl adjacent to an activating group) is 1. The lowest BCUT2D eigenvalue weighted by Crippen LogP contribution is -2.29. The molecule has 2 N–H and O–H groups in total. The van der Waals surface area contributed by atoms with Crippen LogP contribution in [-0.2, 0) is 4.18 Å².